The van der Waals surface area contributed by atoms with Gasteiger partial charge >= 0.3 is 0 Å². The zero-order valence-corrected chi connectivity index (χ0v) is 11.6. The predicted octanol–water partition coefficient (Wildman–Crippen LogP) is 1.93. The second kappa shape index (κ2) is 5.72. The number of fused-ring (bicyclic) bond motifs is 1. The summed E-state index contributed by atoms with van der Waals surface area (Å²) in [6, 6.07) is 7.07. The van der Waals surface area contributed by atoms with E-state index in [1.807, 2.05) is 6.92 Å². The minimum Gasteiger partial charge on any atom is -0.393 e. The van der Waals surface area contributed by atoms with Gasteiger partial charge in [-0.2, -0.15) is 0 Å². The van der Waals surface area contributed by atoms with E-state index in [1.54, 1.807) is 0 Å². The van der Waals surface area contributed by atoms with Crippen molar-refractivity contribution in [2.75, 3.05) is 18.5 Å². The summed E-state index contributed by atoms with van der Waals surface area (Å²) < 4.78 is 0. The first-order valence-corrected chi connectivity index (χ1v) is 6.80. The number of aliphatic hydroxyl groups is 1. The van der Waals surface area contributed by atoms with E-state index in [1.165, 1.54) is 16.8 Å². The van der Waals surface area contributed by atoms with E-state index in [0.29, 0.717) is 6.04 Å². The van der Waals surface area contributed by atoms with Gasteiger partial charge in [0, 0.05) is 31.9 Å². The molecule has 0 saturated heterocycles. The van der Waals surface area contributed by atoms with Crippen molar-refractivity contribution in [1.82, 2.24) is 5.32 Å². The molecule has 1 heterocycles. The largest absolute Gasteiger partial charge is 0.393 e. The van der Waals surface area contributed by atoms with Crippen LogP contribution < -0.4 is 10.2 Å². The molecule has 2 rings (SSSR count). The highest BCUT2D eigenvalue weighted by molar-refractivity contribution is 5.58. The van der Waals surface area contributed by atoms with Crippen LogP contribution in [0.4, 0.5) is 5.69 Å². The maximum absolute atomic E-state index is 9.33. The highest BCUT2D eigenvalue weighted by Crippen LogP contribution is 2.27. The third kappa shape index (κ3) is 3.24. The van der Waals surface area contributed by atoms with Gasteiger partial charge in [0.05, 0.1) is 6.10 Å². The van der Waals surface area contributed by atoms with E-state index >= 15 is 0 Å². The van der Waals surface area contributed by atoms with Gasteiger partial charge in [-0.05, 0) is 43.9 Å². The number of hydrogen-bond acceptors (Lipinski definition) is 3. The smallest absolute Gasteiger partial charge is 0.0526 e. The molecule has 0 amide bonds. The van der Waals surface area contributed by atoms with Crippen molar-refractivity contribution in [3.63, 3.8) is 0 Å². The first kappa shape index (κ1) is 13.4. The summed E-state index contributed by atoms with van der Waals surface area (Å²) in [6.07, 6.45) is 1.72. The molecule has 1 aliphatic rings. The van der Waals surface area contributed by atoms with Crippen LogP contribution in [0.3, 0.4) is 0 Å². The minimum absolute atomic E-state index is 0.235. The average molecular weight is 248 g/mol. The summed E-state index contributed by atoms with van der Waals surface area (Å²) in [4.78, 5) is 2.31. The molecular weight excluding hydrogens is 224 g/mol. The van der Waals surface area contributed by atoms with Crippen LogP contribution in [0.2, 0.25) is 0 Å². The lowest BCUT2D eigenvalue weighted by molar-refractivity contribution is 0.170. The molecule has 0 spiro atoms. The Balaban J connectivity index is 1.91. The van der Waals surface area contributed by atoms with Gasteiger partial charge in [-0.15, -0.1) is 0 Å². The SMILES string of the molecule is CC(O)CC(C)NCc1ccc2c(c1)CCN2C. The molecule has 0 bridgehead atoms. The fraction of sp³-hybridized carbons (Fsp3) is 0.600. The zero-order valence-electron chi connectivity index (χ0n) is 11.6. The quantitative estimate of drug-likeness (QED) is 0.836. The number of nitrogens with zero attached hydrogens (tertiary/aromatic N) is 1. The van der Waals surface area contributed by atoms with Crippen molar-refractivity contribution in [2.45, 2.75) is 45.4 Å². The first-order valence-electron chi connectivity index (χ1n) is 6.80. The molecule has 1 aromatic carbocycles. The van der Waals surface area contributed by atoms with Gasteiger partial charge in [0.25, 0.3) is 0 Å². The van der Waals surface area contributed by atoms with Crippen LogP contribution >= 0.6 is 0 Å². The number of anilines is 1. The van der Waals surface area contributed by atoms with Gasteiger partial charge in [0.1, 0.15) is 0 Å². The molecule has 0 aromatic heterocycles. The standard InChI is InChI=1S/C15H24N2O/c1-11(8-12(2)18)16-10-13-4-5-15-14(9-13)6-7-17(15)3/h4-5,9,11-12,16,18H,6-8,10H2,1-3H3. The van der Waals surface area contributed by atoms with E-state index < -0.39 is 0 Å². The minimum atomic E-state index is -0.235. The van der Waals surface area contributed by atoms with Gasteiger partial charge in [0.15, 0.2) is 0 Å². The van der Waals surface area contributed by atoms with Crippen molar-refractivity contribution in [1.29, 1.82) is 0 Å². The topological polar surface area (TPSA) is 35.5 Å². The summed E-state index contributed by atoms with van der Waals surface area (Å²) in [5.41, 5.74) is 4.16. The van der Waals surface area contributed by atoms with Gasteiger partial charge in [-0.25, -0.2) is 0 Å². The van der Waals surface area contributed by atoms with Crippen molar-refractivity contribution in [3.05, 3.63) is 29.3 Å². The van der Waals surface area contributed by atoms with Gasteiger partial charge < -0.3 is 15.3 Å². The maximum atomic E-state index is 9.33. The number of likely N-dealkylation sites (N-methyl/N-ethyl adjacent to an activating group) is 1. The molecule has 2 unspecified atom stereocenters. The Morgan fingerprint density at radius 1 is 1.39 bits per heavy atom. The van der Waals surface area contributed by atoms with Crippen LogP contribution in [-0.2, 0) is 13.0 Å². The molecule has 0 saturated carbocycles. The molecular formula is C15H24N2O. The summed E-state index contributed by atoms with van der Waals surface area (Å²) in [5.74, 6) is 0. The van der Waals surface area contributed by atoms with E-state index in [2.05, 4.69) is 42.4 Å². The van der Waals surface area contributed by atoms with Crippen molar-refractivity contribution < 1.29 is 5.11 Å². The van der Waals surface area contributed by atoms with Crippen molar-refractivity contribution >= 4 is 5.69 Å². The van der Waals surface area contributed by atoms with E-state index in [4.69, 9.17) is 0 Å². The fourth-order valence-electron chi connectivity index (χ4n) is 2.62. The van der Waals surface area contributed by atoms with Crippen LogP contribution in [0.25, 0.3) is 0 Å². The van der Waals surface area contributed by atoms with Gasteiger partial charge in [-0.3, -0.25) is 0 Å². The Kier molecular flexibility index (Phi) is 4.25. The number of hydrogen-bond donors (Lipinski definition) is 2. The lowest BCUT2D eigenvalue weighted by Crippen LogP contribution is -2.28. The summed E-state index contributed by atoms with van der Waals surface area (Å²) in [6.45, 7) is 5.97. The summed E-state index contributed by atoms with van der Waals surface area (Å²) in [5, 5.41) is 12.8. The highest BCUT2D eigenvalue weighted by atomic mass is 16.3. The lowest BCUT2D eigenvalue weighted by Gasteiger charge is -2.16. The summed E-state index contributed by atoms with van der Waals surface area (Å²) in [7, 11) is 2.15. The van der Waals surface area contributed by atoms with Crippen molar-refractivity contribution in [3.8, 4) is 0 Å². The number of nitrogens with one attached hydrogen (secondary N) is 1. The van der Waals surface area contributed by atoms with Crippen LogP contribution in [0.1, 0.15) is 31.4 Å². The van der Waals surface area contributed by atoms with Gasteiger partial charge in [-0.1, -0.05) is 12.1 Å². The Hall–Kier alpha value is -1.06. The zero-order chi connectivity index (χ0) is 13.1. The molecule has 3 nitrogen and oxygen atoms in total. The van der Waals surface area contributed by atoms with Crippen LogP contribution in [0.5, 0.6) is 0 Å². The van der Waals surface area contributed by atoms with Crippen molar-refractivity contribution in [2.24, 2.45) is 0 Å². The average Bonchev–Trinajstić information content (AvgIpc) is 2.67. The molecule has 1 aromatic rings. The molecule has 100 valence electrons. The Labute approximate surface area is 110 Å². The lowest BCUT2D eigenvalue weighted by atomic mass is 10.1. The monoisotopic (exact) mass is 248 g/mol. The molecule has 3 heteroatoms. The fourth-order valence-corrected chi connectivity index (χ4v) is 2.62. The second-order valence-corrected chi connectivity index (χ2v) is 5.50. The van der Waals surface area contributed by atoms with E-state index in [0.717, 1.165) is 25.9 Å². The third-order valence-corrected chi connectivity index (χ3v) is 3.62. The molecule has 0 aliphatic carbocycles. The number of rotatable bonds is 5. The Morgan fingerprint density at radius 3 is 2.89 bits per heavy atom. The van der Waals surface area contributed by atoms with Crippen LogP contribution in [-0.4, -0.2) is 30.8 Å². The Morgan fingerprint density at radius 2 is 2.17 bits per heavy atom. The molecule has 2 N–H and O–H groups in total. The van der Waals surface area contributed by atoms with E-state index in [-0.39, 0.29) is 6.10 Å². The molecule has 1 aliphatic heterocycles. The normalized spacial score (nSPS) is 17.7. The number of benzene rings is 1. The maximum Gasteiger partial charge on any atom is 0.0526 e. The molecule has 0 fully saturated rings. The van der Waals surface area contributed by atoms with Crippen LogP contribution in [0, 0.1) is 0 Å². The highest BCUT2D eigenvalue weighted by Gasteiger charge is 2.15. The molecule has 2 atom stereocenters. The van der Waals surface area contributed by atoms with Crippen LogP contribution in [0.15, 0.2) is 18.2 Å². The summed E-state index contributed by atoms with van der Waals surface area (Å²) >= 11 is 0. The second-order valence-electron chi connectivity index (χ2n) is 5.50. The third-order valence-electron chi connectivity index (χ3n) is 3.62. The molecule has 0 radical (unpaired) electrons. The van der Waals surface area contributed by atoms with E-state index in [9.17, 15) is 5.11 Å². The first-order chi connectivity index (χ1) is 8.56. The molecule has 18 heavy (non-hydrogen) atoms. The van der Waals surface area contributed by atoms with Gasteiger partial charge in [0.2, 0.25) is 0 Å². The Bertz CT molecular complexity index is 403. The number of aliphatic hydroxyl groups excluding tert-OH is 1. The predicted molar refractivity (Wildman–Crippen MR) is 76.0 cm³/mol.